The minimum atomic E-state index is 0.452. The first-order valence-electron chi connectivity index (χ1n) is 7.37. The van der Waals surface area contributed by atoms with Crippen LogP contribution in [0.2, 0.25) is 0 Å². The average Bonchev–Trinajstić information content (AvgIpc) is 2.43. The highest BCUT2D eigenvalue weighted by molar-refractivity contribution is 9.10. The average molecular weight is 326 g/mol. The second-order valence-corrected chi connectivity index (χ2v) is 6.23. The molecule has 1 N–H and O–H groups in total. The van der Waals surface area contributed by atoms with Crippen LogP contribution in [0.3, 0.4) is 0 Å². The number of hydrogen-bond acceptors (Lipinski definition) is 2. The Kier molecular flexibility index (Phi) is 6.35. The Balaban J connectivity index is 1.89. The summed E-state index contributed by atoms with van der Waals surface area (Å²) in [6, 6.07) is 9.17. The van der Waals surface area contributed by atoms with Gasteiger partial charge in [-0.05, 0) is 56.3 Å². The second-order valence-electron chi connectivity index (χ2n) is 5.31. The lowest BCUT2D eigenvalue weighted by Gasteiger charge is -2.27. The van der Waals surface area contributed by atoms with E-state index in [9.17, 15) is 0 Å². The van der Waals surface area contributed by atoms with Gasteiger partial charge in [-0.25, -0.2) is 0 Å². The summed E-state index contributed by atoms with van der Waals surface area (Å²) in [7, 11) is 0. The standard InChI is InChI=1S/C16H24BrNO/c1-2-18-15(12-16-5-3-4-10-19-16)11-13-6-8-14(17)9-7-13/h6-9,15-16,18H,2-5,10-12H2,1H3. The van der Waals surface area contributed by atoms with Crippen molar-refractivity contribution in [2.45, 2.75) is 51.2 Å². The fourth-order valence-corrected chi connectivity index (χ4v) is 3.01. The van der Waals surface area contributed by atoms with Crippen LogP contribution in [0.5, 0.6) is 0 Å². The van der Waals surface area contributed by atoms with Gasteiger partial charge in [0.25, 0.3) is 0 Å². The molecule has 1 aromatic rings. The molecule has 0 spiro atoms. The SMILES string of the molecule is CCNC(Cc1ccc(Br)cc1)CC1CCCCO1. The summed E-state index contributed by atoms with van der Waals surface area (Å²) >= 11 is 3.49. The summed E-state index contributed by atoms with van der Waals surface area (Å²) < 4.78 is 7.01. The molecule has 0 aliphatic carbocycles. The zero-order chi connectivity index (χ0) is 13.5. The summed E-state index contributed by atoms with van der Waals surface area (Å²) in [6.07, 6.45) is 6.44. The molecule has 0 aromatic heterocycles. The molecule has 1 saturated heterocycles. The smallest absolute Gasteiger partial charge is 0.0590 e. The van der Waals surface area contributed by atoms with Crippen LogP contribution in [0, 0.1) is 0 Å². The van der Waals surface area contributed by atoms with Gasteiger partial charge in [0.15, 0.2) is 0 Å². The number of ether oxygens (including phenoxy) is 1. The Bertz CT molecular complexity index is 360. The van der Waals surface area contributed by atoms with Gasteiger partial charge in [-0.3, -0.25) is 0 Å². The third kappa shape index (κ3) is 5.25. The van der Waals surface area contributed by atoms with E-state index in [0.29, 0.717) is 12.1 Å². The molecule has 1 aromatic carbocycles. The fraction of sp³-hybridized carbons (Fsp3) is 0.625. The van der Waals surface area contributed by atoms with Gasteiger partial charge < -0.3 is 10.1 Å². The first-order chi connectivity index (χ1) is 9.28. The van der Waals surface area contributed by atoms with Crippen LogP contribution < -0.4 is 5.32 Å². The fourth-order valence-electron chi connectivity index (χ4n) is 2.74. The third-order valence-corrected chi connectivity index (χ3v) is 4.24. The van der Waals surface area contributed by atoms with Crippen molar-refractivity contribution in [2.24, 2.45) is 0 Å². The van der Waals surface area contributed by atoms with Crippen LogP contribution in [-0.4, -0.2) is 25.3 Å². The largest absolute Gasteiger partial charge is 0.378 e. The quantitative estimate of drug-likeness (QED) is 0.855. The van der Waals surface area contributed by atoms with Crippen molar-refractivity contribution in [1.82, 2.24) is 5.32 Å². The molecule has 19 heavy (non-hydrogen) atoms. The van der Waals surface area contributed by atoms with Gasteiger partial charge in [0.1, 0.15) is 0 Å². The lowest BCUT2D eigenvalue weighted by Crippen LogP contribution is -2.36. The molecule has 0 saturated carbocycles. The van der Waals surface area contributed by atoms with Crippen LogP contribution in [0.1, 0.15) is 38.2 Å². The first-order valence-corrected chi connectivity index (χ1v) is 8.16. The van der Waals surface area contributed by atoms with E-state index in [2.05, 4.69) is 52.4 Å². The highest BCUT2D eigenvalue weighted by Crippen LogP contribution is 2.19. The Labute approximate surface area is 125 Å². The van der Waals surface area contributed by atoms with Crippen molar-refractivity contribution < 1.29 is 4.74 Å². The molecule has 3 heteroatoms. The highest BCUT2D eigenvalue weighted by atomic mass is 79.9. The van der Waals surface area contributed by atoms with Crippen LogP contribution >= 0.6 is 15.9 Å². The first kappa shape index (κ1) is 15.0. The number of nitrogens with one attached hydrogen (secondary N) is 1. The zero-order valence-corrected chi connectivity index (χ0v) is 13.3. The Hall–Kier alpha value is -0.380. The predicted octanol–water partition coefficient (Wildman–Crippen LogP) is 3.93. The molecule has 2 atom stereocenters. The topological polar surface area (TPSA) is 21.3 Å². The maximum Gasteiger partial charge on any atom is 0.0590 e. The molecule has 1 fully saturated rings. The number of hydrogen-bond donors (Lipinski definition) is 1. The Morgan fingerprint density at radius 1 is 1.32 bits per heavy atom. The summed E-state index contributed by atoms with van der Waals surface area (Å²) in [5.74, 6) is 0. The lowest BCUT2D eigenvalue weighted by atomic mass is 9.97. The van der Waals surface area contributed by atoms with Crippen molar-refractivity contribution in [2.75, 3.05) is 13.2 Å². The molecule has 1 aliphatic rings. The van der Waals surface area contributed by atoms with Gasteiger partial charge >= 0.3 is 0 Å². The summed E-state index contributed by atoms with van der Waals surface area (Å²) in [5.41, 5.74) is 1.39. The van der Waals surface area contributed by atoms with Crippen LogP contribution in [0.15, 0.2) is 28.7 Å². The normalized spacial score (nSPS) is 21.3. The van der Waals surface area contributed by atoms with E-state index in [1.165, 1.54) is 24.8 Å². The van der Waals surface area contributed by atoms with Crippen molar-refractivity contribution in [3.05, 3.63) is 34.3 Å². The second kappa shape index (κ2) is 8.03. The van der Waals surface area contributed by atoms with E-state index in [1.54, 1.807) is 0 Å². The summed E-state index contributed by atoms with van der Waals surface area (Å²) in [4.78, 5) is 0. The van der Waals surface area contributed by atoms with Crippen LogP contribution in [0.25, 0.3) is 0 Å². The number of benzene rings is 1. The zero-order valence-electron chi connectivity index (χ0n) is 11.7. The van der Waals surface area contributed by atoms with Gasteiger partial charge in [0.2, 0.25) is 0 Å². The van der Waals surface area contributed by atoms with E-state index in [-0.39, 0.29) is 0 Å². The number of likely N-dealkylation sites (N-methyl/N-ethyl adjacent to an activating group) is 1. The maximum atomic E-state index is 5.86. The number of halogens is 1. The van der Waals surface area contributed by atoms with Crippen molar-refractivity contribution in [1.29, 1.82) is 0 Å². The molecule has 0 amide bonds. The molecule has 1 aliphatic heterocycles. The molecule has 2 nitrogen and oxygen atoms in total. The Morgan fingerprint density at radius 2 is 2.11 bits per heavy atom. The van der Waals surface area contributed by atoms with Gasteiger partial charge in [-0.1, -0.05) is 35.0 Å². The molecular weight excluding hydrogens is 302 g/mol. The van der Waals surface area contributed by atoms with Crippen molar-refractivity contribution in [3.63, 3.8) is 0 Å². The minimum absolute atomic E-state index is 0.452. The Morgan fingerprint density at radius 3 is 2.74 bits per heavy atom. The van der Waals surface area contributed by atoms with E-state index in [0.717, 1.165) is 30.5 Å². The molecule has 2 unspecified atom stereocenters. The van der Waals surface area contributed by atoms with E-state index in [4.69, 9.17) is 4.74 Å². The van der Waals surface area contributed by atoms with Crippen molar-refractivity contribution >= 4 is 15.9 Å². The maximum absolute atomic E-state index is 5.86. The van der Waals surface area contributed by atoms with Gasteiger partial charge in [0.05, 0.1) is 6.10 Å². The molecule has 1 heterocycles. The van der Waals surface area contributed by atoms with Crippen LogP contribution in [0.4, 0.5) is 0 Å². The van der Waals surface area contributed by atoms with E-state index < -0.39 is 0 Å². The molecule has 2 rings (SSSR count). The van der Waals surface area contributed by atoms with Gasteiger partial charge in [-0.2, -0.15) is 0 Å². The van der Waals surface area contributed by atoms with Gasteiger partial charge in [0, 0.05) is 17.1 Å². The monoisotopic (exact) mass is 325 g/mol. The number of rotatable bonds is 6. The molecule has 0 bridgehead atoms. The predicted molar refractivity (Wildman–Crippen MR) is 83.5 cm³/mol. The molecule has 0 radical (unpaired) electrons. The van der Waals surface area contributed by atoms with Crippen molar-refractivity contribution in [3.8, 4) is 0 Å². The van der Waals surface area contributed by atoms with Gasteiger partial charge in [-0.15, -0.1) is 0 Å². The molecular formula is C16H24BrNO. The summed E-state index contributed by atoms with van der Waals surface area (Å²) in [6.45, 7) is 4.14. The summed E-state index contributed by atoms with van der Waals surface area (Å²) in [5, 5.41) is 3.60. The lowest BCUT2D eigenvalue weighted by molar-refractivity contribution is 0.00535. The van der Waals surface area contributed by atoms with E-state index in [1.807, 2.05) is 0 Å². The van der Waals surface area contributed by atoms with E-state index >= 15 is 0 Å². The third-order valence-electron chi connectivity index (χ3n) is 3.71. The molecule has 106 valence electrons. The highest BCUT2D eigenvalue weighted by Gasteiger charge is 2.19. The minimum Gasteiger partial charge on any atom is -0.378 e. The van der Waals surface area contributed by atoms with Crippen LogP contribution in [-0.2, 0) is 11.2 Å².